The molecule has 0 amide bonds. The van der Waals surface area contributed by atoms with E-state index in [1.54, 1.807) is 11.3 Å². The van der Waals surface area contributed by atoms with E-state index in [4.69, 9.17) is 0 Å². The first kappa shape index (κ1) is 11.4. The Kier molecular flexibility index (Phi) is 2.88. The summed E-state index contributed by atoms with van der Waals surface area (Å²) in [5, 5.41) is 12.1. The molecule has 0 aliphatic heterocycles. The molecule has 1 heterocycles. The van der Waals surface area contributed by atoms with Crippen molar-refractivity contribution in [2.45, 2.75) is 18.8 Å². The van der Waals surface area contributed by atoms with Crippen LogP contribution in [-0.2, 0) is 4.79 Å². The fourth-order valence-electron chi connectivity index (χ4n) is 2.40. The van der Waals surface area contributed by atoms with E-state index in [1.165, 1.54) is 0 Å². The van der Waals surface area contributed by atoms with E-state index in [2.05, 4.69) is 4.98 Å². The highest BCUT2D eigenvalue weighted by atomic mass is 32.1. The summed E-state index contributed by atoms with van der Waals surface area (Å²) in [7, 11) is 0. The number of carboxylic acid groups (broad SMARTS) is 1. The van der Waals surface area contributed by atoms with Crippen LogP contribution in [-0.4, -0.2) is 11.0 Å². The van der Waals surface area contributed by atoms with Crippen molar-refractivity contribution in [1.29, 1.82) is 0 Å². The zero-order chi connectivity index (χ0) is 12.5. The van der Waals surface area contributed by atoms with E-state index in [0.29, 0.717) is 6.42 Å². The maximum Gasteiger partial charge on any atom is 0.0979 e. The van der Waals surface area contributed by atoms with E-state index in [-0.39, 0.29) is 5.92 Å². The average molecular weight is 258 g/mol. The second-order valence-corrected chi connectivity index (χ2v) is 5.56. The number of hydrogen-bond acceptors (Lipinski definition) is 4. The molecule has 3 nitrogen and oxygen atoms in total. The van der Waals surface area contributed by atoms with Crippen molar-refractivity contribution in [3.05, 3.63) is 41.4 Å². The smallest absolute Gasteiger partial charge is 0.0979 e. The van der Waals surface area contributed by atoms with Crippen molar-refractivity contribution in [2.24, 2.45) is 5.92 Å². The van der Waals surface area contributed by atoms with Crippen LogP contribution in [0.25, 0.3) is 10.2 Å². The van der Waals surface area contributed by atoms with Gasteiger partial charge in [0.05, 0.1) is 15.2 Å². The predicted molar refractivity (Wildman–Crippen MR) is 69.2 cm³/mol. The molecule has 3 rings (SSSR count). The van der Waals surface area contributed by atoms with Gasteiger partial charge in [-0.15, -0.1) is 11.3 Å². The van der Waals surface area contributed by atoms with E-state index < -0.39 is 11.9 Å². The molecule has 0 radical (unpaired) electrons. The van der Waals surface area contributed by atoms with Crippen LogP contribution < -0.4 is 5.11 Å². The molecule has 1 aliphatic rings. The minimum atomic E-state index is -0.969. The quantitative estimate of drug-likeness (QED) is 0.775. The van der Waals surface area contributed by atoms with Gasteiger partial charge < -0.3 is 9.90 Å². The Hall–Kier alpha value is -1.68. The van der Waals surface area contributed by atoms with E-state index in [9.17, 15) is 9.90 Å². The molecule has 0 spiro atoms. The molecule has 0 saturated heterocycles. The van der Waals surface area contributed by atoms with Crippen molar-refractivity contribution in [1.82, 2.24) is 4.98 Å². The summed E-state index contributed by atoms with van der Waals surface area (Å²) in [5.41, 5.74) is 0.948. The molecule has 92 valence electrons. The van der Waals surface area contributed by atoms with Crippen molar-refractivity contribution >= 4 is 27.5 Å². The standard InChI is InChI=1S/C14H13NO2S/c16-14(17)10-6-2-1-5-9(10)13-15-11-7-3-4-8-12(11)18-13/h1-4,7-10H,5-6H2,(H,16,17)/p-1/t9-,10-/m0/s1. The monoisotopic (exact) mass is 258 g/mol. The second-order valence-electron chi connectivity index (χ2n) is 4.49. The van der Waals surface area contributed by atoms with Gasteiger partial charge in [-0.2, -0.15) is 0 Å². The summed E-state index contributed by atoms with van der Waals surface area (Å²) in [6, 6.07) is 7.90. The lowest BCUT2D eigenvalue weighted by atomic mass is 9.83. The molecular weight excluding hydrogens is 246 g/mol. The van der Waals surface area contributed by atoms with E-state index in [1.807, 2.05) is 36.4 Å². The van der Waals surface area contributed by atoms with Crippen LogP contribution in [0.5, 0.6) is 0 Å². The summed E-state index contributed by atoms with van der Waals surface area (Å²) in [5.74, 6) is -1.46. The molecule has 18 heavy (non-hydrogen) atoms. The van der Waals surface area contributed by atoms with E-state index in [0.717, 1.165) is 21.6 Å². The number of hydrogen-bond donors (Lipinski definition) is 0. The van der Waals surface area contributed by atoms with Gasteiger partial charge in [-0.1, -0.05) is 24.3 Å². The molecule has 0 unspecified atom stereocenters. The summed E-state index contributed by atoms with van der Waals surface area (Å²) in [6.45, 7) is 0. The fraction of sp³-hybridized carbons (Fsp3) is 0.286. The van der Waals surface area contributed by atoms with Gasteiger partial charge in [-0.25, -0.2) is 4.98 Å². The summed E-state index contributed by atoms with van der Waals surface area (Å²) < 4.78 is 1.11. The molecule has 0 saturated carbocycles. The number of allylic oxidation sites excluding steroid dienone is 2. The molecule has 4 heteroatoms. The van der Waals surface area contributed by atoms with Crippen LogP contribution in [0.3, 0.4) is 0 Å². The van der Waals surface area contributed by atoms with Crippen molar-refractivity contribution < 1.29 is 9.90 Å². The number of carbonyl (C=O) groups excluding carboxylic acids is 1. The minimum absolute atomic E-state index is 0.0441. The molecule has 1 aromatic carbocycles. The highest BCUT2D eigenvalue weighted by Crippen LogP contribution is 2.38. The lowest BCUT2D eigenvalue weighted by Crippen LogP contribution is -2.35. The molecule has 1 aromatic heterocycles. The van der Waals surface area contributed by atoms with Gasteiger partial charge in [0.1, 0.15) is 0 Å². The van der Waals surface area contributed by atoms with E-state index >= 15 is 0 Å². The third kappa shape index (κ3) is 1.93. The van der Waals surface area contributed by atoms with Crippen LogP contribution in [0, 0.1) is 5.92 Å². The first-order valence-electron chi connectivity index (χ1n) is 5.97. The number of aliphatic carboxylic acids is 1. The number of fused-ring (bicyclic) bond motifs is 1. The van der Waals surface area contributed by atoms with Crippen LogP contribution >= 0.6 is 11.3 Å². The van der Waals surface area contributed by atoms with Crippen molar-refractivity contribution in [2.75, 3.05) is 0 Å². The number of aromatic nitrogens is 1. The number of carboxylic acids is 1. The third-order valence-electron chi connectivity index (χ3n) is 3.36. The maximum absolute atomic E-state index is 11.2. The van der Waals surface area contributed by atoms with Crippen LogP contribution in [0.4, 0.5) is 0 Å². The SMILES string of the molecule is O=C([O-])[C@H]1CC=CC[C@@H]1c1nc2ccccc2s1. The van der Waals surface area contributed by atoms with Gasteiger partial charge >= 0.3 is 0 Å². The van der Waals surface area contributed by atoms with Crippen LogP contribution in [0.15, 0.2) is 36.4 Å². The van der Waals surface area contributed by atoms with Gasteiger partial charge in [0.2, 0.25) is 0 Å². The Bertz CT molecular complexity index is 584. The van der Waals surface area contributed by atoms with Gasteiger partial charge in [-0.05, 0) is 25.0 Å². The Morgan fingerprint density at radius 2 is 2.06 bits per heavy atom. The maximum atomic E-state index is 11.2. The zero-order valence-corrected chi connectivity index (χ0v) is 10.5. The lowest BCUT2D eigenvalue weighted by Gasteiger charge is -2.27. The molecule has 0 bridgehead atoms. The largest absolute Gasteiger partial charge is 0.550 e. The number of carbonyl (C=O) groups is 1. The number of rotatable bonds is 2. The first-order valence-corrected chi connectivity index (χ1v) is 6.78. The Morgan fingerprint density at radius 3 is 2.83 bits per heavy atom. The Labute approximate surface area is 109 Å². The number of benzene rings is 1. The summed E-state index contributed by atoms with van der Waals surface area (Å²) in [4.78, 5) is 15.7. The van der Waals surface area contributed by atoms with Crippen molar-refractivity contribution in [3.8, 4) is 0 Å². The zero-order valence-electron chi connectivity index (χ0n) is 9.70. The van der Waals surface area contributed by atoms with Gasteiger partial charge in [0, 0.05) is 17.8 Å². The lowest BCUT2D eigenvalue weighted by molar-refractivity contribution is -0.312. The predicted octanol–water partition coefficient (Wildman–Crippen LogP) is 2.10. The highest BCUT2D eigenvalue weighted by Gasteiger charge is 2.27. The summed E-state index contributed by atoms with van der Waals surface area (Å²) >= 11 is 1.59. The molecule has 2 aromatic rings. The van der Waals surface area contributed by atoms with Gasteiger partial charge in [0.25, 0.3) is 0 Å². The fourth-order valence-corrected chi connectivity index (χ4v) is 3.54. The number of thiazole rings is 1. The molecular formula is C14H12NO2S-. The average Bonchev–Trinajstić information content (AvgIpc) is 2.82. The normalized spacial score (nSPS) is 23.3. The first-order chi connectivity index (χ1) is 8.75. The minimum Gasteiger partial charge on any atom is -0.550 e. The number of nitrogens with zero attached hydrogens (tertiary/aromatic N) is 1. The molecule has 1 aliphatic carbocycles. The Balaban J connectivity index is 2.02. The van der Waals surface area contributed by atoms with Crippen LogP contribution in [0.1, 0.15) is 23.8 Å². The van der Waals surface area contributed by atoms with Gasteiger partial charge in [-0.3, -0.25) is 0 Å². The second kappa shape index (κ2) is 4.53. The molecule has 0 fully saturated rings. The molecule has 0 N–H and O–H groups in total. The summed E-state index contributed by atoms with van der Waals surface area (Å²) in [6.07, 6.45) is 5.24. The molecule has 2 atom stereocenters. The third-order valence-corrected chi connectivity index (χ3v) is 4.53. The van der Waals surface area contributed by atoms with Crippen LogP contribution in [0.2, 0.25) is 0 Å². The topological polar surface area (TPSA) is 53.0 Å². The Morgan fingerprint density at radius 1 is 1.28 bits per heavy atom. The van der Waals surface area contributed by atoms with Crippen molar-refractivity contribution in [3.63, 3.8) is 0 Å². The highest BCUT2D eigenvalue weighted by molar-refractivity contribution is 7.18. The van der Waals surface area contributed by atoms with Gasteiger partial charge in [0.15, 0.2) is 0 Å². The number of para-hydroxylation sites is 1.